The molecular weight excluding hydrogens is 229 g/mol. The summed E-state index contributed by atoms with van der Waals surface area (Å²) in [6, 6.07) is 0. The van der Waals surface area contributed by atoms with Crippen LogP contribution in [0.2, 0.25) is 0 Å². The quantitative estimate of drug-likeness (QED) is 0.621. The van der Waals surface area contributed by atoms with Gasteiger partial charge in [-0.1, -0.05) is 0 Å². The third-order valence-electron chi connectivity index (χ3n) is 1.97. The third kappa shape index (κ3) is 2.12. The van der Waals surface area contributed by atoms with E-state index in [1.165, 1.54) is 6.33 Å². The first-order chi connectivity index (χ1) is 7.83. The van der Waals surface area contributed by atoms with Crippen molar-refractivity contribution in [1.82, 2.24) is 19.5 Å². The van der Waals surface area contributed by atoms with E-state index < -0.39 is 0 Å². The molecule has 0 saturated carbocycles. The number of nitrogen functional groups attached to an aromatic ring is 1. The van der Waals surface area contributed by atoms with Crippen LogP contribution in [0, 0.1) is 5.81 Å². The maximum absolute atomic E-state index is 10.0. The van der Waals surface area contributed by atoms with Gasteiger partial charge in [0.05, 0.1) is 0 Å². The van der Waals surface area contributed by atoms with E-state index in [-0.39, 0.29) is 7.92 Å². The first-order valence-corrected chi connectivity index (χ1v) is 5.24. The molecule has 0 spiro atoms. The summed E-state index contributed by atoms with van der Waals surface area (Å²) < 4.78 is 16.6. The number of nitrogens with two attached hydrogens (primary N) is 1. The van der Waals surface area contributed by atoms with Crippen LogP contribution < -0.4 is 5.73 Å². The number of imidazole rings is 1. The predicted molar refractivity (Wildman–Crippen MR) is 57.2 cm³/mol. The van der Waals surface area contributed by atoms with Gasteiger partial charge in [-0.25, -0.2) is 0 Å². The summed E-state index contributed by atoms with van der Waals surface area (Å²) in [6.07, 6.45) is 2.99. The van der Waals surface area contributed by atoms with Gasteiger partial charge in [-0.2, -0.15) is 0 Å². The molecule has 16 heavy (non-hydrogen) atoms. The zero-order chi connectivity index (χ0) is 11.4. The van der Waals surface area contributed by atoms with Crippen molar-refractivity contribution in [3.63, 3.8) is 0 Å². The normalized spacial score (nSPS) is 10.2. The summed E-state index contributed by atoms with van der Waals surface area (Å²) >= 11 is 0. The van der Waals surface area contributed by atoms with E-state index in [0.717, 1.165) is 0 Å². The Hall–Kier alpha value is -1.68. The number of rotatable bonds is 3. The zero-order valence-corrected chi connectivity index (χ0v) is 9.09. The van der Waals surface area contributed by atoms with Crippen LogP contribution in [0.25, 0.3) is 11.2 Å². The third-order valence-corrected chi connectivity index (χ3v) is 2.17. The van der Waals surface area contributed by atoms with Crippen LogP contribution in [0.5, 0.6) is 0 Å². The fourth-order valence-electron chi connectivity index (χ4n) is 1.28. The minimum atomic E-state index is -0.264. The van der Waals surface area contributed by atoms with Crippen LogP contribution in [-0.4, -0.2) is 26.1 Å². The van der Waals surface area contributed by atoms with Crippen molar-refractivity contribution in [2.45, 2.75) is 6.54 Å². The molecule has 2 aromatic rings. The van der Waals surface area contributed by atoms with Crippen molar-refractivity contribution in [3.05, 3.63) is 12.7 Å². The molecule has 0 saturated heterocycles. The average Bonchev–Trinajstić information content (AvgIpc) is 2.70. The summed E-state index contributed by atoms with van der Waals surface area (Å²) in [5.74, 6) is 2.54. The van der Waals surface area contributed by atoms with Gasteiger partial charge < -0.3 is 0 Å². The second kappa shape index (κ2) is 4.90. The Morgan fingerprint density at radius 2 is 2.38 bits per heavy atom. The number of nitrogens with zero attached hydrogens (tertiary/aromatic N) is 4. The molecule has 0 aromatic carbocycles. The van der Waals surface area contributed by atoms with Gasteiger partial charge in [-0.3, -0.25) is 0 Å². The van der Waals surface area contributed by atoms with E-state index in [1.54, 1.807) is 10.9 Å². The van der Waals surface area contributed by atoms with E-state index in [2.05, 4.69) is 20.8 Å². The van der Waals surface area contributed by atoms with E-state index in [1.807, 2.05) is 0 Å². The van der Waals surface area contributed by atoms with Crippen molar-refractivity contribution in [2.75, 3.05) is 12.3 Å². The van der Waals surface area contributed by atoms with E-state index >= 15 is 0 Å². The van der Waals surface area contributed by atoms with Crippen LogP contribution in [0.4, 0.5) is 5.82 Å². The number of hydrogen-bond donors (Lipinski definition) is 1. The molecule has 0 atom stereocenters. The molecule has 0 unspecified atom stereocenters. The van der Waals surface area contributed by atoms with Crippen molar-refractivity contribution in [3.8, 4) is 5.81 Å². The van der Waals surface area contributed by atoms with Crippen molar-refractivity contribution in [1.29, 1.82) is 0 Å². The van der Waals surface area contributed by atoms with Gasteiger partial charge in [0.25, 0.3) is 0 Å². The van der Waals surface area contributed by atoms with E-state index in [9.17, 15) is 4.57 Å². The van der Waals surface area contributed by atoms with Gasteiger partial charge in [0.2, 0.25) is 0 Å². The molecule has 0 radical (unpaired) electrons. The van der Waals surface area contributed by atoms with Crippen molar-refractivity contribution >= 4 is 24.9 Å². The average molecular weight is 237 g/mol. The Bertz CT molecular complexity index is 605. The first-order valence-electron chi connectivity index (χ1n) is 4.43. The number of ether oxygens (including phenoxy) is 1. The van der Waals surface area contributed by atoms with Gasteiger partial charge in [0.15, 0.2) is 0 Å². The molecule has 0 fully saturated rings. The molecule has 2 rings (SSSR count). The Morgan fingerprint density at radius 3 is 3.19 bits per heavy atom. The number of fused-ring (bicyclic) bond motifs is 1. The zero-order valence-electron chi connectivity index (χ0n) is 8.20. The Balaban J connectivity index is 2.21. The van der Waals surface area contributed by atoms with Crippen LogP contribution in [0.1, 0.15) is 0 Å². The van der Waals surface area contributed by atoms with Crippen LogP contribution >= 0.6 is 7.92 Å². The molecule has 82 valence electrons. The Kier molecular flexibility index (Phi) is 3.31. The summed E-state index contributed by atoms with van der Waals surface area (Å²) in [5.41, 5.74) is 6.85. The van der Waals surface area contributed by atoms with Crippen molar-refractivity contribution < 1.29 is 9.30 Å². The predicted octanol–water partition coefficient (Wildman–Crippen LogP) is 0.633. The van der Waals surface area contributed by atoms with Crippen LogP contribution in [0.15, 0.2) is 12.7 Å². The standard InChI is InChI=1S/C8H8N5O2P/c9-7-6-8(11-3-10-7)13(4-12-6)1-2-15-5-16-14/h3-4H,1-2H2,(H2,9,10,11). The fourth-order valence-corrected chi connectivity index (χ4v) is 1.42. The molecule has 0 aliphatic heterocycles. The second-order valence-electron chi connectivity index (χ2n) is 2.90. The fraction of sp³-hybridized carbons (Fsp3) is 0.250. The molecular formula is C8H8N5O2P. The number of hydrogen-bond acceptors (Lipinski definition) is 6. The summed E-state index contributed by atoms with van der Waals surface area (Å²) in [7, 11) is -0.264. The van der Waals surface area contributed by atoms with Crippen molar-refractivity contribution in [2.24, 2.45) is 0 Å². The van der Waals surface area contributed by atoms with Gasteiger partial charge in [0.1, 0.15) is 0 Å². The maximum atomic E-state index is 10.0. The summed E-state index contributed by atoms with van der Waals surface area (Å²) in [5, 5.41) is 0. The van der Waals surface area contributed by atoms with E-state index in [0.29, 0.717) is 30.1 Å². The Morgan fingerprint density at radius 1 is 1.50 bits per heavy atom. The molecule has 2 aromatic heterocycles. The SMILES string of the molecule is Nc1ncnc2c1ncn2CCOC#P=O. The van der Waals surface area contributed by atoms with Crippen LogP contribution in [-0.2, 0) is 15.8 Å². The van der Waals surface area contributed by atoms with Gasteiger partial charge >= 0.3 is 91.1 Å². The first kappa shape index (κ1) is 10.8. The Labute approximate surface area is 91.8 Å². The van der Waals surface area contributed by atoms with Gasteiger partial charge in [-0.15, -0.1) is 0 Å². The molecule has 0 amide bonds. The van der Waals surface area contributed by atoms with Gasteiger partial charge in [-0.05, 0) is 0 Å². The molecule has 8 heteroatoms. The summed E-state index contributed by atoms with van der Waals surface area (Å²) in [4.78, 5) is 12.0. The van der Waals surface area contributed by atoms with E-state index in [4.69, 9.17) is 10.5 Å². The molecule has 7 nitrogen and oxygen atoms in total. The second-order valence-corrected chi connectivity index (χ2v) is 3.27. The minimum absolute atomic E-state index is 0.264. The molecule has 2 heterocycles. The molecule has 0 aliphatic rings. The van der Waals surface area contributed by atoms with Gasteiger partial charge in [0, 0.05) is 0 Å². The number of anilines is 1. The monoisotopic (exact) mass is 237 g/mol. The topological polar surface area (TPSA) is 95.9 Å². The molecule has 0 aliphatic carbocycles. The molecule has 0 bridgehead atoms. The number of aromatic nitrogens is 4. The van der Waals surface area contributed by atoms with Crippen LogP contribution in [0.3, 0.4) is 0 Å². The molecule has 2 N–H and O–H groups in total. The summed E-state index contributed by atoms with van der Waals surface area (Å²) in [6.45, 7) is 0.861.